The number of aliphatic hydroxyl groups excluding tert-OH is 1. The largest absolute Gasteiger partial charge is 0.458 e. The lowest BCUT2D eigenvalue weighted by atomic mass is 9.85. The maximum absolute atomic E-state index is 12.0. The van der Waals surface area contributed by atoms with E-state index in [9.17, 15) is 9.90 Å². The lowest BCUT2D eigenvalue weighted by Crippen LogP contribution is -2.25. The maximum Gasteiger partial charge on any atom is 0.334 e. The van der Waals surface area contributed by atoms with Crippen molar-refractivity contribution in [2.45, 2.75) is 70.2 Å². The standard InChI is InChI=1S/C20H28O4/c1-13-6-4-7-14(2)10-17-16(15(3)19(22)23-17)11-18-20(12-21,24-18)9-5-8-13/h7-8,16-18,21H,3-6,9-12H2,1-2H3/b13-8+,14-7+/t16-,17+,18+,20+/m0/s1. The number of allylic oxidation sites excluding steroid dienone is 3. The zero-order chi connectivity index (χ0) is 17.3. The van der Waals surface area contributed by atoms with Crippen LogP contribution in [0, 0.1) is 5.92 Å². The zero-order valence-electron chi connectivity index (χ0n) is 14.7. The second kappa shape index (κ2) is 6.85. The Morgan fingerprint density at radius 2 is 2.04 bits per heavy atom. The van der Waals surface area contributed by atoms with E-state index in [1.165, 1.54) is 11.1 Å². The number of fused-ring (bicyclic) bond motifs is 2. The second-order valence-electron chi connectivity index (χ2n) is 7.52. The van der Waals surface area contributed by atoms with Crippen molar-refractivity contribution < 1.29 is 19.4 Å². The Balaban J connectivity index is 1.80. The predicted molar refractivity (Wildman–Crippen MR) is 92.4 cm³/mol. The highest BCUT2D eigenvalue weighted by atomic mass is 16.6. The SMILES string of the molecule is C=C1C(=O)O[C@@H]2C/C(C)=C/CC/C(C)=C/CC[C@]3(CO)O[C@@H]3C[C@@H]12. The summed E-state index contributed by atoms with van der Waals surface area (Å²) in [4.78, 5) is 12.0. The van der Waals surface area contributed by atoms with Crippen molar-refractivity contribution >= 4 is 5.97 Å². The lowest BCUT2D eigenvalue weighted by Gasteiger charge is -2.18. The van der Waals surface area contributed by atoms with Crippen LogP contribution in [0.25, 0.3) is 0 Å². The fourth-order valence-corrected chi connectivity index (χ4v) is 3.94. The molecule has 24 heavy (non-hydrogen) atoms. The monoisotopic (exact) mass is 332 g/mol. The van der Waals surface area contributed by atoms with E-state index < -0.39 is 5.60 Å². The number of aliphatic hydroxyl groups is 1. The molecule has 2 saturated heterocycles. The van der Waals surface area contributed by atoms with E-state index >= 15 is 0 Å². The third-order valence-electron chi connectivity index (χ3n) is 5.67. The summed E-state index contributed by atoms with van der Waals surface area (Å²) in [6.07, 6.45) is 9.57. The van der Waals surface area contributed by atoms with E-state index in [4.69, 9.17) is 9.47 Å². The van der Waals surface area contributed by atoms with Gasteiger partial charge in [-0.2, -0.15) is 0 Å². The average molecular weight is 332 g/mol. The predicted octanol–water partition coefficient (Wildman–Crippen LogP) is 3.46. The first-order valence-corrected chi connectivity index (χ1v) is 8.95. The Bertz CT molecular complexity index is 588. The number of ether oxygens (including phenoxy) is 2. The van der Waals surface area contributed by atoms with Crippen molar-refractivity contribution in [2.24, 2.45) is 5.92 Å². The Morgan fingerprint density at radius 3 is 2.79 bits per heavy atom. The molecule has 0 radical (unpaired) electrons. The quantitative estimate of drug-likeness (QED) is 0.346. The van der Waals surface area contributed by atoms with Crippen molar-refractivity contribution in [2.75, 3.05) is 6.61 Å². The van der Waals surface area contributed by atoms with E-state index in [-0.39, 0.29) is 30.7 Å². The molecule has 3 aliphatic rings. The van der Waals surface area contributed by atoms with E-state index in [1.807, 2.05) is 0 Å². The minimum Gasteiger partial charge on any atom is -0.458 e. The summed E-state index contributed by atoms with van der Waals surface area (Å²) >= 11 is 0. The van der Waals surface area contributed by atoms with Crippen LogP contribution in [0.3, 0.4) is 0 Å². The third kappa shape index (κ3) is 3.50. The van der Waals surface area contributed by atoms with Crippen LogP contribution in [-0.4, -0.2) is 35.5 Å². The minimum absolute atomic E-state index is 0.0119. The average Bonchev–Trinajstić information content (AvgIpc) is 3.16. The molecule has 3 rings (SSSR count). The van der Waals surface area contributed by atoms with Gasteiger partial charge in [-0.3, -0.25) is 0 Å². The van der Waals surface area contributed by atoms with Crippen molar-refractivity contribution in [3.63, 3.8) is 0 Å². The summed E-state index contributed by atoms with van der Waals surface area (Å²) in [5.41, 5.74) is 2.74. The molecular formula is C20H28O4. The van der Waals surface area contributed by atoms with Crippen LogP contribution < -0.4 is 0 Å². The summed E-state index contributed by atoms with van der Waals surface area (Å²) in [6.45, 7) is 8.22. The van der Waals surface area contributed by atoms with Crippen molar-refractivity contribution in [3.8, 4) is 0 Å². The molecule has 0 unspecified atom stereocenters. The highest BCUT2D eigenvalue weighted by Gasteiger charge is 2.57. The van der Waals surface area contributed by atoms with Gasteiger partial charge in [0.1, 0.15) is 11.7 Å². The molecule has 2 aliphatic heterocycles. The minimum atomic E-state index is -0.442. The number of esters is 1. The highest BCUT2D eigenvalue weighted by Crippen LogP contribution is 2.47. The number of rotatable bonds is 1. The van der Waals surface area contributed by atoms with Gasteiger partial charge in [0.15, 0.2) is 0 Å². The summed E-state index contributed by atoms with van der Waals surface area (Å²) in [5.74, 6) is -0.297. The van der Waals surface area contributed by atoms with E-state index in [0.29, 0.717) is 12.0 Å². The molecule has 2 fully saturated rings. The zero-order valence-corrected chi connectivity index (χ0v) is 14.7. The van der Waals surface area contributed by atoms with Gasteiger partial charge in [-0.1, -0.05) is 29.9 Å². The van der Waals surface area contributed by atoms with E-state index in [1.54, 1.807) is 0 Å². The number of carbonyl (C=O) groups excluding carboxylic acids is 1. The van der Waals surface area contributed by atoms with Gasteiger partial charge in [0.25, 0.3) is 0 Å². The van der Waals surface area contributed by atoms with E-state index in [0.717, 1.165) is 32.1 Å². The van der Waals surface area contributed by atoms with Crippen LogP contribution in [0.15, 0.2) is 35.5 Å². The molecule has 2 heterocycles. The van der Waals surface area contributed by atoms with Crippen LogP contribution in [0.2, 0.25) is 0 Å². The Morgan fingerprint density at radius 1 is 1.29 bits per heavy atom. The van der Waals surface area contributed by atoms with Gasteiger partial charge in [0.2, 0.25) is 0 Å². The van der Waals surface area contributed by atoms with Gasteiger partial charge < -0.3 is 14.6 Å². The molecular weight excluding hydrogens is 304 g/mol. The maximum atomic E-state index is 12.0. The fraction of sp³-hybridized carbons (Fsp3) is 0.650. The molecule has 0 aromatic rings. The van der Waals surface area contributed by atoms with Gasteiger partial charge >= 0.3 is 5.97 Å². The van der Waals surface area contributed by atoms with Gasteiger partial charge in [-0.05, 0) is 46.0 Å². The molecule has 1 N–H and O–H groups in total. The fourth-order valence-electron chi connectivity index (χ4n) is 3.94. The summed E-state index contributed by atoms with van der Waals surface area (Å²) in [5, 5.41) is 9.79. The Hall–Kier alpha value is -1.39. The second-order valence-corrected chi connectivity index (χ2v) is 7.52. The molecule has 0 amide bonds. The molecule has 4 nitrogen and oxygen atoms in total. The molecule has 0 bridgehead atoms. The molecule has 0 saturated carbocycles. The first-order valence-electron chi connectivity index (χ1n) is 8.95. The van der Waals surface area contributed by atoms with Crippen molar-refractivity contribution in [1.29, 1.82) is 0 Å². The normalized spacial score (nSPS) is 41.9. The van der Waals surface area contributed by atoms with Crippen LogP contribution in [-0.2, 0) is 14.3 Å². The van der Waals surface area contributed by atoms with Gasteiger partial charge in [-0.25, -0.2) is 4.79 Å². The molecule has 132 valence electrons. The topological polar surface area (TPSA) is 59.1 Å². The molecule has 0 aromatic heterocycles. The number of hydrogen-bond donors (Lipinski definition) is 1. The van der Waals surface area contributed by atoms with E-state index in [2.05, 4.69) is 32.6 Å². The molecule has 4 heteroatoms. The molecule has 0 aromatic carbocycles. The number of hydrogen-bond acceptors (Lipinski definition) is 4. The third-order valence-corrected chi connectivity index (χ3v) is 5.67. The van der Waals surface area contributed by atoms with Crippen LogP contribution in [0.4, 0.5) is 0 Å². The molecule has 4 atom stereocenters. The number of epoxide rings is 1. The van der Waals surface area contributed by atoms with Crippen molar-refractivity contribution in [3.05, 3.63) is 35.5 Å². The Kier molecular flexibility index (Phi) is 4.97. The molecule has 0 spiro atoms. The summed E-state index contributed by atoms with van der Waals surface area (Å²) in [6, 6.07) is 0. The van der Waals surface area contributed by atoms with Crippen LogP contribution in [0.5, 0.6) is 0 Å². The number of carbonyl (C=O) groups is 1. The summed E-state index contributed by atoms with van der Waals surface area (Å²) in [7, 11) is 0. The first kappa shape index (κ1) is 17.4. The molecule has 1 aliphatic carbocycles. The smallest absolute Gasteiger partial charge is 0.334 e. The highest BCUT2D eigenvalue weighted by molar-refractivity contribution is 5.90. The van der Waals surface area contributed by atoms with Gasteiger partial charge in [0.05, 0.1) is 12.7 Å². The lowest BCUT2D eigenvalue weighted by molar-refractivity contribution is -0.139. The van der Waals surface area contributed by atoms with Gasteiger partial charge in [-0.15, -0.1) is 0 Å². The van der Waals surface area contributed by atoms with Crippen molar-refractivity contribution in [1.82, 2.24) is 0 Å². The van der Waals surface area contributed by atoms with Gasteiger partial charge in [0, 0.05) is 17.9 Å². The van der Waals surface area contributed by atoms with Crippen LogP contribution in [0.1, 0.15) is 52.4 Å². The van der Waals surface area contributed by atoms with Crippen LogP contribution >= 0.6 is 0 Å². The summed E-state index contributed by atoms with van der Waals surface area (Å²) < 4.78 is 11.4. The first-order chi connectivity index (χ1) is 11.4. The Labute approximate surface area is 144 Å².